The van der Waals surface area contributed by atoms with Gasteiger partial charge in [-0.05, 0) is 68.4 Å². The molecule has 1 heterocycles. The molecule has 0 spiro atoms. The summed E-state index contributed by atoms with van der Waals surface area (Å²) < 4.78 is 12.9. The van der Waals surface area contributed by atoms with Crippen molar-refractivity contribution < 1.29 is 19.2 Å². The van der Waals surface area contributed by atoms with Crippen molar-refractivity contribution in [1.82, 2.24) is 9.88 Å². The van der Waals surface area contributed by atoms with Crippen LogP contribution in [0.4, 0.5) is 0 Å². The third kappa shape index (κ3) is 4.91. The average Bonchev–Trinajstić information content (AvgIpc) is 3.11. The van der Waals surface area contributed by atoms with E-state index in [1.54, 1.807) is 14.2 Å². The molecule has 164 valence electrons. The third-order valence-electron chi connectivity index (χ3n) is 5.63. The van der Waals surface area contributed by atoms with Gasteiger partial charge in [-0.3, -0.25) is 4.79 Å². The van der Waals surface area contributed by atoms with Crippen LogP contribution in [0.2, 0.25) is 0 Å². The SMILES string of the molecule is COc1ccc([C@@H](CNC(=O)c2ccc(-n3c(C)ccc3C)cc2)[NH+](C)C)cc1OC. The molecule has 1 atom stereocenters. The summed E-state index contributed by atoms with van der Waals surface area (Å²) in [4.78, 5) is 14.0. The van der Waals surface area contributed by atoms with Crippen LogP contribution in [0.15, 0.2) is 54.6 Å². The second-order valence-corrected chi connectivity index (χ2v) is 7.95. The summed E-state index contributed by atoms with van der Waals surface area (Å²) in [5.41, 5.74) is 5.11. The minimum absolute atomic E-state index is 0.0770. The Hall–Kier alpha value is -3.25. The van der Waals surface area contributed by atoms with E-state index < -0.39 is 0 Å². The van der Waals surface area contributed by atoms with Gasteiger partial charge in [-0.15, -0.1) is 0 Å². The van der Waals surface area contributed by atoms with Gasteiger partial charge in [-0.2, -0.15) is 0 Å². The van der Waals surface area contributed by atoms with Crippen LogP contribution < -0.4 is 19.7 Å². The molecular formula is C25H32N3O3+. The number of ether oxygens (including phenoxy) is 2. The van der Waals surface area contributed by atoms with Gasteiger partial charge in [-0.1, -0.05) is 0 Å². The maximum atomic E-state index is 12.8. The molecule has 0 aliphatic carbocycles. The molecule has 0 unspecified atom stereocenters. The second-order valence-electron chi connectivity index (χ2n) is 7.95. The normalized spacial score (nSPS) is 12.0. The van der Waals surface area contributed by atoms with Gasteiger partial charge in [0.2, 0.25) is 0 Å². The van der Waals surface area contributed by atoms with Crippen molar-refractivity contribution in [2.45, 2.75) is 19.9 Å². The van der Waals surface area contributed by atoms with Gasteiger partial charge in [0.1, 0.15) is 6.04 Å². The number of methoxy groups -OCH3 is 2. The van der Waals surface area contributed by atoms with Crippen LogP contribution in [0.5, 0.6) is 11.5 Å². The Kier molecular flexibility index (Phi) is 7.02. The van der Waals surface area contributed by atoms with Crippen LogP contribution in [0.25, 0.3) is 5.69 Å². The largest absolute Gasteiger partial charge is 0.493 e. The van der Waals surface area contributed by atoms with Crippen molar-refractivity contribution in [3.63, 3.8) is 0 Å². The molecule has 1 amide bonds. The molecule has 3 rings (SSSR count). The van der Waals surface area contributed by atoms with Gasteiger partial charge in [0, 0.05) is 28.2 Å². The fourth-order valence-corrected chi connectivity index (χ4v) is 3.86. The Bertz CT molecular complexity index is 1020. The molecule has 31 heavy (non-hydrogen) atoms. The summed E-state index contributed by atoms with van der Waals surface area (Å²) in [5.74, 6) is 1.29. The minimum Gasteiger partial charge on any atom is -0.493 e. The van der Waals surface area contributed by atoms with Crippen molar-refractivity contribution in [3.05, 3.63) is 77.1 Å². The molecule has 6 heteroatoms. The number of nitrogens with one attached hydrogen (secondary N) is 2. The van der Waals surface area contributed by atoms with Crippen molar-refractivity contribution in [3.8, 4) is 17.2 Å². The molecule has 1 aromatic heterocycles. The maximum absolute atomic E-state index is 12.8. The van der Waals surface area contributed by atoms with E-state index in [-0.39, 0.29) is 11.9 Å². The van der Waals surface area contributed by atoms with Crippen molar-refractivity contribution in [1.29, 1.82) is 0 Å². The first-order valence-electron chi connectivity index (χ1n) is 10.4. The predicted octanol–water partition coefficient (Wildman–Crippen LogP) is 2.73. The molecule has 2 aromatic carbocycles. The van der Waals surface area contributed by atoms with E-state index in [2.05, 4.69) is 50.0 Å². The first-order valence-corrected chi connectivity index (χ1v) is 10.4. The van der Waals surface area contributed by atoms with Gasteiger partial charge < -0.3 is 24.3 Å². The monoisotopic (exact) mass is 422 g/mol. The van der Waals surface area contributed by atoms with Crippen molar-refractivity contribution in [2.75, 3.05) is 34.9 Å². The Morgan fingerprint density at radius 2 is 1.55 bits per heavy atom. The molecule has 0 saturated heterocycles. The van der Waals surface area contributed by atoms with E-state index >= 15 is 0 Å². The van der Waals surface area contributed by atoms with Crippen LogP contribution in [-0.4, -0.2) is 45.3 Å². The lowest BCUT2D eigenvalue weighted by molar-refractivity contribution is -0.890. The number of carbonyl (C=O) groups excluding carboxylic acids is 1. The molecule has 0 fully saturated rings. The maximum Gasteiger partial charge on any atom is 0.251 e. The zero-order valence-electron chi connectivity index (χ0n) is 19.2. The highest BCUT2D eigenvalue weighted by Gasteiger charge is 2.21. The number of hydrogen-bond acceptors (Lipinski definition) is 3. The smallest absolute Gasteiger partial charge is 0.251 e. The summed E-state index contributed by atoms with van der Waals surface area (Å²) in [7, 11) is 7.39. The minimum atomic E-state index is -0.0840. The summed E-state index contributed by atoms with van der Waals surface area (Å²) in [5, 5.41) is 3.08. The molecule has 3 aromatic rings. The molecule has 0 aliphatic rings. The fraction of sp³-hybridized carbons (Fsp3) is 0.320. The zero-order chi connectivity index (χ0) is 22.5. The summed E-state index contributed by atoms with van der Waals surface area (Å²) >= 11 is 0. The second kappa shape index (κ2) is 9.71. The van der Waals surface area contributed by atoms with Crippen molar-refractivity contribution >= 4 is 5.91 Å². The Morgan fingerprint density at radius 1 is 0.935 bits per heavy atom. The summed E-state index contributed by atoms with van der Waals surface area (Å²) in [6.07, 6.45) is 0. The number of amides is 1. The Labute approximate surface area is 184 Å². The number of aromatic nitrogens is 1. The van der Waals surface area contributed by atoms with E-state index in [0.29, 0.717) is 23.6 Å². The van der Waals surface area contributed by atoms with Crippen LogP contribution in [0.1, 0.15) is 33.4 Å². The van der Waals surface area contributed by atoms with Gasteiger partial charge in [0.05, 0.1) is 34.9 Å². The number of rotatable bonds is 8. The Balaban J connectivity index is 1.72. The lowest BCUT2D eigenvalue weighted by Gasteiger charge is -2.23. The van der Waals surface area contributed by atoms with Crippen LogP contribution >= 0.6 is 0 Å². The predicted molar refractivity (Wildman–Crippen MR) is 123 cm³/mol. The number of aryl methyl sites for hydroxylation is 2. The molecule has 0 radical (unpaired) electrons. The van der Waals surface area contributed by atoms with Crippen molar-refractivity contribution in [2.24, 2.45) is 0 Å². The van der Waals surface area contributed by atoms with Gasteiger partial charge in [0.15, 0.2) is 11.5 Å². The molecule has 2 N–H and O–H groups in total. The molecule has 0 saturated carbocycles. The Morgan fingerprint density at radius 3 is 2.10 bits per heavy atom. The topological polar surface area (TPSA) is 56.9 Å². The summed E-state index contributed by atoms with van der Waals surface area (Å²) in [6.45, 7) is 4.66. The lowest BCUT2D eigenvalue weighted by Crippen LogP contribution is -3.07. The van der Waals surface area contributed by atoms with Crippen LogP contribution in [0, 0.1) is 13.8 Å². The lowest BCUT2D eigenvalue weighted by atomic mass is 10.0. The van der Waals surface area contributed by atoms with Gasteiger partial charge in [-0.25, -0.2) is 0 Å². The first kappa shape index (κ1) is 22.4. The molecule has 6 nitrogen and oxygen atoms in total. The summed E-state index contributed by atoms with van der Waals surface area (Å²) in [6, 6.07) is 17.9. The van der Waals surface area contributed by atoms with E-state index in [1.807, 2.05) is 42.5 Å². The highest BCUT2D eigenvalue weighted by atomic mass is 16.5. The number of likely N-dealkylation sites (N-methyl/N-ethyl adjacent to an activating group) is 1. The van der Waals surface area contributed by atoms with Gasteiger partial charge in [0.25, 0.3) is 5.91 Å². The van der Waals surface area contributed by atoms with Gasteiger partial charge >= 0.3 is 0 Å². The first-order chi connectivity index (χ1) is 14.8. The number of hydrogen-bond donors (Lipinski definition) is 2. The quantitative estimate of drug-likeness (QED) is 0.587. The van der Waals surface area contributed by atoms with E-state index in [4.69, 9.17) is 9.47 Å². The van der Waals surface area contributed by atoms with Crippen LogP contribution in [-0.2, 0) is 0 Å². The fourth-order valence-electron chi connectivity index (χ4n) is 3.86. The molecular weight excluding hydrogens is 390 g/mol. The van der Waals surface area contributed by atoms with E-state index in [0.717, 1.165) is 11.3 Å². The highest BCUT2D eigenvalue weighted by Crippen LogP contribution is 2.29. The standard InChI is InChI=1S/C25H31N3O3/c1-17-7-8-18(2)28(17)21-12-9-19(10-13-21)25(29)26-16-22(27(3)4)20-11-14-23(30-5)24(15-20)31-6/h7-15,22H,16H2,1-6H3,(H,26,29)/p+1/t22-/m1/s1. The number of quaternary nitrogens is 1. The molecule has 0 bridgehead atoms. The number of carbonyl (C=O) groups is 1. The van der Waals surface area contributed by atoms with Crippen LogP contribution in [0.3, 0.4) is 0 Å². The third-order valence-corrected chi connectivity index (χ3v) is 5.63. The van der Waals surface area contributed by atoms with E-state index in [1.165, 1.54) is 16.3 Å². The average molecular weight is 423 g/mol. The number of benzene rings is 2. The van der Waals surface area contributed by atoms with E-state index in [9.17, 15) is 4.79 Å². The highest BCUT2D eigenvalue weighted by molar-refractivity contribution is 5.94. The molecule has 0 aliphatic heterocycles. The zero-order valence-corrected chi connectivity index (χ0v) is 19.2. The number of nitrogens with zero attached hydrogens (tertiary/aromatic N) is 1.